The minimum absolute atomic E-state index is 0.186. The van der Waals surface area contributed by atoms with Crippen molar-refractivity contribution in [3.8, 4) is 5.75 Å². The zero-order valence-electron chi connectivity index (χ0n) is 18.3. The van der Waals surface area contributed by atoms with E-state index in [1.54, 1.807) is 30.3 Å². The predicted molar refractivity (Wildman–Crippen MR) is 128 cm³/mol. The van der Waals surface area contributed by atoms with Gasteiger partial charge in [0.1, 0.15) is 11.4 Å². The van der Waals surface area contributed by atoms with Gasteiger partial charge in [-0.05, 0) is 61.7 Å². The van der Waals surface area contributed by atoms with Crippen molar-refractivity contribution in [3.05, 3.63) is 93.6 Å². The van der Waals surface area contributed by atoms with Gasteiger partial charge in [-0.25, -0.2) is 4.90 Å². The third-order valence-corrected chi connectivity index (χ3v) is 6.21. The first-order valence-electron chi connectivity index (χ1n) is 10.2. The molecule has 0 radical (unpaired) electrons. The molecule has 4 rings (SSSR count). The second-order valence-corrected chi connectivity index (χ2v) is 8.06. The minimum Gasteiger partial charge on any atom is -0.496 e. The molecule has 1 aliphatic heterocycles. The number of carbonyl (C=O) groups excluding carboxylic acids is 2. The Labute approximate surface area is 192 Å². The number of ether oxygens (including phenoxy) is 1. The fraction of sp³-hybridized carbons (Fsp3) is 0.154. The molecule has 0 aromatic heterocycles. The molecule has 5 nitrogen and oxygen atoms in total. The summed E-state index contributed by atoms with van der Waals surface area (Å²) in [6.45, 7) is 5.71. The maximum absolute atomic E-state index is 13.7. The van der Waals surface area contributed by atoms with Crippen molar-refractivity contribution < 1.29 is 14.3 Å². The van der Waals surface area contributed by atoms with Crippen molar-refractivity contribution in [2.45, 2.75) is 20.8 Å². The Bertz CT molecular complexity index is 1280. The molecule has 1 N–H and O–H groups in total. The van der Waals surface area contributed by atoms with E-state index in [0.717, 1.165) is 16.7 Å². The van der Waals surface area contributed by atoms with Crippen LogP contribution in [0, 0.1) is 20.8 Å². The van der Waals surface area contributed by atoms with Crippen molar-refractivity contribution in [3.63, 3.8) is 0 Å². The molecule has 1 aliphatic rings. The van der Waals surface area contributed by atoms with E-state index >= 15 is 0 Å². The molecule has 1 heterocycles. The zero-order valence-corrected chi connectivity index (χ0v) is 19.1. The highest BCUT2D eigenvalue weighted by atomic mass is 35.5. The average molecular weight is 447 g/mol. The average Bonchev–Trinajstić information content (AvgIpc) is 3.02. The molecule has 0 spiro atoms. The second kappa shape index (κ2) is 8.52. The van der Waals surface area contributed by atoms with Crippen LogP contribution >= 0.6 is 11.6 Å². The summed E-state index contributed by atoms with van der Waals surface area (Å²) in [5, 5.41) is 3.76. The summed E-state index contributed by atoms with van der Waals surface area (Å²) < 4.78 is 5.50. The first kappa shape index (κ1) is 21.7. The van der Waals surface area contributed by atoms with Gasteiger partial charge in [-0.3, -0.25) is 9.59 Å². The van der Waals surface area contributed by atoms with Crippen LogP contribution in [0.2, 0.25) is 5.02 Å². The normalized spacial score (nSPS) is 13.7. The van der Waals surface area contributed by atoms with Gasteiger partial charge in [0.05, 0.1) is 18.4 Å². The largest absolute Gasteiger partial charge is 0.496 e. The second-order valence-electron chi connectivity index (χ2n) is 7.65. The van der Waals surface area contributed by atoms with Gasteiger partial charge in [-0.1, -0.05) is 48.0 Å². The van der Waals surface area contributed by atoms with Crippen molar-refractivity contribution in [1.82, 2.24) is 0 Å². The Kier molecular flexibility index (Phi) is 5.76. The van der Waals surface area contributed by atoms with E-state index in [0.29, 0.717) is 27.7 Å². The van der Waals surface area contributed by atoms with E-state index < -0.39 is 11.8 Å². The summed E-state index contributed by atoms with van der Waals surface area (Å²) >= 11 is 6.29. The number of imide groups is 1. The Morgan fingerprint density at radius 1 is 0.844 bits per heavy atom. The summed E-state index contributed by atoms with van der Waals surface area (Å²) in [6, 6.07) is 18.2. The number of para-hydroxylation sites is 1. The molecule has 0 atom stereocenters. The van der Waals surface area contributed by atoms with Gasteiger partial charge < -0.3 is 10.1 Å². The van der Waals surface area contributed by atoms with Crippen LogP contribution in [0.1, 0.15) is 22.3 Å². The van der Waals surface area contributed by atoms with Crippen LogP contribution in [0.3, 0.4) is 0 Å². The van der Waals surface area contributed by atoms with Crippen LogP contribution < -0.4 is 15.0 Å². The number of nitrogens with one attached hydrogen (secondary N) is 1. The summed E-state index contributed by atoms with van der Waals surface area (Å²) in [5.41, 5.74) is 4.85. The summed E-state index contributed by atoms with van der Waals surface area (Å²) in [5.74, 6) is -0.326. The van der Waals surface area contributed by atoms with Gasteiger partial charge in [-0.2, -0.15) is 0 Å². The molecule has 3 aromatic rings. The number of methoxy groups -OCH3 is 1. The maximum atomic E-state index is 13.7. The molecule has 162 valence electrons. The predicted octanol–water partition coefficient (Wildman–Crippen LogP) is 5.67. The topological polar surface area (TPSA) is 58.6 Å². The monoisotopic (exact) mass is 446 g/mol. The summed E-state index contributed by atoms with van der Waals surface area (Å²) in [4.78, 5) is 28.6. The van der Waals surface area contributed by atoms with Crippen molar-refractivity contribution in [1.29, 1.82) is 0 Å². The molecule has 0 saturated carbocycles. The van der Waals surface area contributed by atoms with E-state index in [4.69, 9.17) is 16.3 Å². The zero-order chi connectivity index (χ0) is 23.0. The van der Waals surface area contributed by atoms with E-state index in [9.17, 15) is 9.59 Å². The quantitative estimate of drug-likeness (QED) is 0.513. The highest BCUT2D eigenvalue weighted by Gasteiger charge is 2.42. The first-order valence-corrected chi connectivity index (χ1v) is 10.6. The number of halogens is 1. The standard InChI is InChI=1S/C26H23ClN2O3/c1-15-9-7-13-21(16(15)2)29-25(30)23(18-10-5-6-14-22(18)32-4)24(26(29)31)28-20-12-8-11-19(27)17(20)3/h5-14,28H,1-4H3. The number of aryl methyl sites for hydroxylation is 1. The van der Waals surface area contributed by atoms with E-state index in [1.165, 1.54) is 12.0 Å². The minimum atomic E-state index is -0.427. The lowest BCUT2D eigenvalue weighted by molar-refractivity contribution is -0.120. The molecule has 2 amide bonds. The molecule has 6 heteroatoms. The Morgan fingerprint density at radius 3 is 2.31 bits per heavy atom. The Hall–Kier alpha value is -3.57. The number of nitrogens with zero attached hydrogens (tertiary/aromatic N) is 1. The van der Waals surface area contributed by atoms with Gasteiger partial charge in [0, 0.05) is 16.3 Å². The maximum Gasteiger partial charge on any atom is 0.282 e. The molecule has 3 aromatic carbocycles. The van der Waals surface area contributed by atoms with Gasteiger partial charge in [0.2, 0.25) is 0 Å². The van der Waals surface area contributed by atoms with Crippen LogP contribution in [0.5, 0.6) is 5.75 Å². The van der Waals surface area contributed by atoms with E-state index in [-0.39, 0.29) is 11.3 Å². The number of rotatable bonds is 5. The van der Waals surface area contributed by atoms with Crippen LogP contribution in [-0.4, -0.2) is 18.9 Å². The lowest BCUT2D eigenvalue weighted by Gasteiger charge is -2.19. The van der Waals surface area contributed by atoms with Crippen LogP contribution in [0.15, 0.2) is 66.4 Å². The third-order valence-electron chi connectivity index (χ3n) is 5.80. The third kappa shape index (κ3) is 3.55. The van der Waals surface area contributed by atoms with E-state index in [1.807, 2.05) is 51.1 Å². The van der Waals surface area contributed by atoms with Crippen molar-refractivity contribution in [2.24, 2.45) is 0 Å². The Morgan fingerprint density at radius 2 is 1.56 bits per heavy atom. The molecule has 0 bridgehead atoms. The van der Waals surface area contributed by atoms with Gasteiger partial charge >= 0.3 is 0 Å². The fourth-order valence-electron chi connectivity index (χ4n) is 3.82. The smallest absolute Gasteiger partial charge is 0.282 e. The van der Waals surface area contributed by atoms with Crippen LogP contribution in [-0.2, 0) is 9.59 Å². The van der Waals surface area contributed by atoms with Crippen LogP contribution in [0.25, 0.3) is 5.57 Å². The lowest BCUT2D eigenvalue weighted by atomic mass is 10.0. The lowest BCUT2D eigenvalue weighted by Crippen LogP contribution is -2.33. The Balaban J connectivity index is 1.92. The highest BCUT2D eigenvalue weighted by Crippen LogP contribution is 2.39. The van der Waals surface area contributed by atoms with Gasteiger partial charge in [0.15, 0.2) is 0 Å². The SMILES string of the molecule is COc1ccccc1C1=C(Nc2cccc(Cl)c2C)C(=O)N(c2cccc(C)c2C)C1=O. The molecule has 0 fully saturated rings. The van der Waals surface area contributed by atoms with Crippen molar-refractivity contribution in [2.75, 3.05) is 17.3 Å². The molecule has 0 saturated heterocycles. The molecule has 0 unspecified atom stereocenters. The van der Waals surface area contributed by atoms with Crippen LogP contribution in [0.4, 0.5) is 11.4 Å². The fourth-order valence-corrected chi connectivity index (χ4v) is 4.00. The number of carbonyl (C=O) groups is 2. The number of anilines is 2. The molecular weight excluding hydrogens is 424 g/mol. The summed E-state index contributed by atoms with van der Waals surface area (Å²) in [6.07, 6.45) is 0. The number of amides is 2. The number of benzene rings is 3. The number of hydrogen-bond acceptors (Lipinski definition) is 4. The van der Waals surface area contributed by atoms with Gasteiger partial charge in [0.25, 0.3) is 11.8 Å². The van der Waals surface area contributed by atoms with Gasteiger partial charge in [-0.15, -0.1) is 0 Å². The summed E-state index contributed by atoms with van der Waals surface area (Å²) in [7, 11) is 1.54. The molecular formula is C26H23ClN2O3. The first-order chi connectivity index (χ1) is 15.3. The molecule has 32 heavy (non-hydrogen) atoms. The number of hydrogen-bond donors (Lipinski definition) is 1. The molecule has 0 aliphatic carbocycles. The van der Waals surface area contributed by atoms with Crippen molar-refractivity contribution >= 4 is 40.4 Å². The highest BCUT2D eigenvalue weighted by molar-refractivity contribution is 6.46. The van der Waals surface area contributed by atoms with E-state index in [2.05, 4.69) is 5.32 Å².